The van der Waals surface area contributed by atoms with Gasteiger partial charge in [-0.25, -0.2) is 4.39 Å². The van der Waals surface area contributed by atoms with Gasteiger partial charge in [-0.3, -0.25) is 4.90 Å². The monoisotopic (exact) mass is 506 g/mol. The highest BCUT2D eigenvalue weighted by Crippen LogP contribution is 2.32. The average Bonchev–Trinajstić information content (AvgIpc) is 2.74. The fourth-order valence-corrected chi connectivity index (χ4v) is 5.73. The third-order valence-corrected chi connectivity index (χ3v) is 7.97. The van der Waals surface area contributed by atoms with Gasteiger partial charge in [0.2, 0.25) is 0 Å². The second-order valence-electron chi connectivity index (χ2n) is 9.37. The number of rotatable bonds is 8. The van der Waals surface area contributed by atoms with Gasteiger partial charge in [-0.05, 0) is 113 Å². The Hall–Kier alpha value is -0.660. The highest BCUT2D eigenvalue weighted by Gasteiger charge is 2.34. The Morgan fingerprint density at radius 2 is 1.71 bits per heavy atom. The first-order valence-electron chi connectivity index (χ1n) is 11.7. The maximum Gasteiger partial charge on any atom is 0.401 e. The molecule has 7 heteroatoms. The minimum atomic E-state index is -4.11. The van der Waals surface area contributed by atoms with Gasteiger partial charge in [0.25, 0.3) is 0 Å². The molecular formula is C24H35BrF4N2. The van der Waals surface area contributed by atoms with Gasteiger partial charge in [-0.15, -0.1) is 0 Å². The largest absolute Gasteiger partial charge is 0.401 e. The third-order valence-electron chi connectivity index (χ3n) is 7.20. The zero-order valence-electron chi connectivity index (χ0n) is 18.4. The van der Waals surface area contributed by atoms with Crippen molar-refractivity contribution in [3.63, 3.8) is 0 Å². The molecule has 3 rings (SSSR count). The molecule has 0 atom stereocenters. The first-order chi connectivity index (χ1) is 14.7. The van der Waals surface area contributed by atoms with E-state index in [-0.39, 0.29) is 11.9 Å². The van der Waals surface area contributed by atoms with Gasteiger partial charge in [0.1, 0.15) is 5.82 Å². The number of nitrogens with zero attached hydrogens (tertiary/aromatic N) is 2. The first-order valence-corrected chi connectivity index (χ1v) is 12.5. The van der Waals surface area contributed by atoms with Crippen molar-refractivity contribution in [2.24, 2.45) is 11.8 Å². The molecule has 0 amide bonds. The molecule has 31 heavy (non-hydrogen) atoms. The van der Waals surface area contributed by atoms with Crippen molar-refractivity contribution < 1.29 is 17.6 Å². The number of likely N-dealkylation sites (tertiary alicyclic amines) is 1. The Balaban J connectivity index is 1.34. The molecule has 1 heterocycles. The summed E-state index contributed by atoms with van der Waals surface area (Å²) >= 11 is 3.53. The lowest BCUT2D eigenvalue weighted by molar-refractivity contribution is -0.152. The van der Waals surface area contributed by atoms with Gasteiger partial charge in [-0.1, -0.05) is 22.9 Å². The van der Waals surface area contributed by atoms with Gasteiger partial charge in [0.15, 0.2) is 0 Å². The van der Waals surface area contributed by atoms with E-state index in [2.05, 4.69) is 20.8 Å². The van der Waals surface area contributed by atoms with E-state index in [9.17, 15) is 17.6 Å². The Labute approximate surface area is 192 Å². The predicted molar refractivity (Wildman–Crippen MR) is 121 cm³/mol. The second kappa shape index (κ2) is 11.5. The number of halogens is 5. The van der Waals surface area contributed by atoms with E-state index < -0.39 is 12.7 Å². The summed E-state index contributed by atoms with van der Waals surface area (Å²) < 4.78 is 52.8. The van der Waals surface area contributed by atoms with Crippen molar-refractivity contribution in [1.29, 1.82) is 0 Å². The zero-order valence-corrected chi connectivity index (χ0v) is 20.0. The fraction of sp³-hybridized carbons (Fsp3) is 0.750. The van der Waals surface area contributed by atoms with Crippen LogP contribution >= 0.6 is 15.9 Å². The van der Waals surface area contributed by atoms with Crippen molar-refractivity contribution in [2.45, 2.75) is 70.5 Å². The van der Waals surface area contributed by atoms with E-state index in [1.165, 1.54) is 6.07 Å². The minimum Gasteiger partial charge on any atom is -0.303 e. The molecule has 0 aromatic heterocycles. The van der Waals surface area contributed by atoms with Crippen LogP contribution in [0.25, 0.3) is 0 Å². The lowest BCUT2D eigenvalue weighted by atomic mass is 9.83. The van der Waals surface area contributed by atoms with E-state index >= 15 is 0 Å². The van der Waals surface area contributed by atoms with Gasteiger partial charge < -0.3 is 4.90 Å². The molecular weight excluding hydrogens is 472 g/mol. The van der Waals surface area contributed by atoms with Crippen LogP contribution in [0.1, 0.15) is 57.4 Å². The molecule has 1 saturated heterocycles. The molecule has 0 N–H and O–H groups in total. The highest BCUT2D eigenvalue weighted by atomic mass is 79.9. The molecule has 0 spiro atoms. The van der Waals surface area contributed by atoms with Gasteiger partial charge >= 0.3 is 6.18 Å². The van der Waals surface area contributed by atoms with E-state index in [4.69, 9.17) is 0 Å². The number of benzene rings is 1. The van der Waals surface area contributed by atoms with Crippen molar-refractivity contribution in [3.05, 3.63) is 34.1 Å². The SMILES string of the molecule is CCN(CC(F)(F)F)C1CCC(CCN2CCC(Cc3cc(F)ccc3Br)CC2)CC1. The summed E-state index contributed by atoms with van der Waals surface area (Å²) in [6, 6.07) is 5.00. The van der Waals surface area contributed by atoms with Crippen LogP contribution in [0.4, 0.5) is 17.6 Å². The van der Waals surface area contributed by atoms with Crippen LogP contribution in [0, 0.1) is 17.7 Å². The number of piperidine rings is 1. The number of hydrogen-bond acceptors (Lipinski definition) is 2. The van der Waals surface area contributed by atoms with Crippen LogP contribution in [0.3, 0.4) is 0 Å². The van der Waals surface area contributed by atoms with Gasteiger partial charge in [-0.2, -0.15) is 13.2 Å². The molecule has 0 unspecified atom stereocenters. The van der Waals surface area contributed by atoms with E-state index in [0.29, 0.717) is 18.4 Å². The van der Waals surface area contributed by atoms with Crippen LogP contribution in [0.15, 0.2) is 22.7 Å². The Bertz CT molecular complexity index is 681. The van der Waals surface area contributed by atoms with Gasteiger partial charge in [0, 0.05) is 10.5 Å². The standard InChI is InChI=1S/C24H35BrF4N2/c1-2-31(17-24(27,28)29)22-6-3-18(4-7-22)9-12-30-13-10-19(11-14-30)15-20-16-21(26)5-8-23(20)25/h5,8,16,18-19,22H,2-4,6-7,9-15,17H2,1H3. The normalized spacial score (nSPS) is 24.1. The van der Waals surface area contributed by atoms with Crippen LogP contribution < -0.4 is 0 Å². The molecule has 1 aromatic rings. The maximum atomic E-state index is 13.5. The highest BCUT2D eigenvalue weighted by molar-refractivity contribution is 9.10. The molecule has 2 fully saturated rings. The topological polar surface area (TPSA) is 6.48 Å². The predicted octanol–water partition coefficient (Wildman–Crippen LogP) is 6.68. The number of hydrogen-bond donors (Lipinski definition) is 0. The molecule has 0 radical (unpaired) electrons. The maximum absolute atomic E-state index is 13.5. The van der Waals surface area contributed by atoms with Crippen LogP contribution in [0.5, 0.6) is 0 Å². The summed E-state index contributed by atoms with van der Waals surface area (Å²) in [7, 11) is 0. The summed E-state index contributed by atoms with van der Waals surface area (Å²) in [4.78, 5) is 4.14. The van der Waals surface area contributed by atoms with Crippen molar-refractivity contribution >= 4 is 15.9 Å². The lowest BCUT2D eigenvalue weighted by Gasteiger charge is -2.38. The van der Waals surface area contributed by atoms with Crippen molar-refractivity contribution in [2.75, 3.05) is 32.7 Å². The van der Waals surface area contributed by atoms with Crippen LogP contribution in [0.2, 0.25) is 0 Å². The summed E-state index contributed by atoms with van der Waals surface area (Å²) in [5, 5.41) is 0. The van der Waals surface area contributed by atoms with Crippen LogP contribution in [-0.2, 0) is 6.42 Å². The third kappa shape index (κ3) is 8.01. The summed E-state index contributed by atoms with van der Waals surface area (Å²) in [5.41, 5.74) is 1.06. The molecule has 1 aliphatic heterocycles. The molecule has 0 bridgehead atoms. The average molecular weight is 507 g/mol. The van der Waals surface area contributed by atoms with E-state index in [1.54, 1.807) is 17.0 Å². The Kier molecular flexibility index (Phi) is 9.23. The second-order valence-corrected chi connectivity index (χ2v) is 10.2. The first kappa shape index (κ1) is 25.0. The summed E-state index contributed by atoms with van der Waals surface area (Å²) in [6.45, 7) is 4.78. The quantitative estimate of drug-likeness (QED) is 0.363. The fourth-order valence-electron chi connectivity index (χ4n) is 5.32. The molecule has 2 nitrogen and oxygen atoms in total. The van der Waals surface area contributed by atoms with Crippen LogP contribution in [-0.4, -0.2) is 54.7 Å². The summed E-state index contributed by atoms with van der Waals surface area (Å²) in [5.74, 6) is 1.06. The van der Waals surface area contributed by atoms with E-state index in [0.717, 1.165) is 81.0 Å². The molecule has 1 saturated carbocycles. The minimum absolute atomic E-state index is 0.0840. The van der Waals surface area contributed by atoms with E-state index in [1.807, 2.05) is 6.92 Å². The Morgan fingerprint density at radius 3 is 2.32 bits per heavy atom. The van der Waals surface area contributed by atoms with Crippen molar-refractivity contribution in [3.8, 4) is 0 Å². The smallest absolute Gasteiger partial charge is 0.303 e. The Morgan fingerprint density at radius 1 is 1.03 bits per heavy atom. The molecule has 2 aliphatic rings. The molecule has 1 aromatic carbocycles. The lowest BCUT2D eigenvalue weighted by Crippen LogP contribution is -2.43. The molecule has 1 aliphatic carbocycles. The van der Waals surface area contributed by atoms with Gasteiger partial charge in [0.05, 0.1) is 6.54 Å². The number of alkyl halides is 3. The summed E-state index contributed by atoms with van der Waals surface area (Å²) in [6.07, 6.45) is 4.10. The molecule has 176 valence electrons. The van der Waals surface area contributed by atoms with Crippen molar-refractivity contribution in [1.82, 2.24) is 9.80 Å². The zero-order chi connectivity index (χ0) is 22.4.